The van der Waals surface area contributed by atoms with Crippen LogP contribution in [0.2, 0.25) is 0 Å². The summed E-state index contributed by atoms with van der Waals surface area (Å²) in [6, 6.07) is 23.5. The largest absolute Gasteiger partial charge is 0.382 e. The molecule has 180 valence electrons. The van der Waals surface area contributed by atoms with Crippen molar-refractivity contribution in [2.24, 2.45) is 0 Å². The summed E-state index contributed by atoms with van der Waals surface area (Å²) in [6.07, 6.45) is 1.98. The molecule has 1 aliphatic heterocycles. The van der Waals surface area contributed by atoms with E-state index in [1.807, 2.05) is 37.3 Å². The lowest BCUT2D eigenvalue weighted by molar-refractivity contribution is -0.123. The number of methoxy groups -OCH3 is 1. The number of nitrogens with zero attached hydrogens (tertiary/aromatic N) is 1. The summed E-state index contributed by atoms with van der Waals surface area (Å²) in [6.45, 7) is 6.74. The maximum atomic E-state index is 12.7. The van der Waals surface area contributed by atoms with Crippen molar-refractivity contribution < 1.29 is 14.3 Å². The van der Waals surface area contributed by atoms with Gasteiger partial charge in [0.15, 0.2) is 0 Å². The van der Waals surface area contributed by atoms with E-state index in [9.17, 15) is 4.79 Å². The summed E-state index contributed by atoms with van der Waals surface area (Å²) in [4.78, 5) is 15.2. The van der Waals surface area contributed by atoms with Gasteiger partial charge in [0, 0.05) is 32.8 Å². The van der Waals surface area contributed by atoms with E-state index < -0.39 is 0 Å². The highest BCUT2D eigenvalue weighted by molar-refractivity contribution is 5.84. The van der Waals surface area contributed by atoms with Crippen LogP contribution in [0.5, 0.6) is 0 Å². The summed E-state index contributed by atoms with van der Waals surface area (Å²) in [5, 5.41) is 5.77. The molecular formula is C29H36N2O3. The van der Waals surface area contributed by atoms with Gasteiger partial charge in [0.25, 0.3) is 0 Å². The summed E-state index contributed by atoms with van der Waals surface area (Å²) < 4.78 is 10.7. The van der Waals surface area contributed by atoms with Crippen LogP contribution in [-0.2, 0) is 27.4 Å². The van der Waals surface area contributed by atoms with E-state index in [1.54, 1.807) is 7.11 Å². The monoisotopic (exact) mass is 460 g/mol. The molecule has 1 atom stereocenters. The molecular weight excluding hydrogens is 424 g/mol. The molecule has 4 rings (SSSR count). The van der Waals surface area contributed by atoms with E-state index in [0.29, 0.717) is 19.8 Å². The van der Waals surface area contributed by atoms with Gasteiger partial charge < -0.3 is 14.8 Å². The maximum Gasteiger partial charge on any atom is 0.227 e. The molecule has 34 heavy (non-hydrogen) atoms. The van der Waals surface area contributed by atoms with Crippen LogP contribution in [0.3, 0.4) is 0 Å². The van der Waals surface area contributed by atoms with Crippen molar-refractivity contribution in [2.75, 3.05) is 33.4 Å². The van der Waals surface area contributed by atoms with Crippen molar-refractivity contribution in [1.29, 1.82) is 0 Å². The quantitative estimate of drug-likeness (QED) is 0.438. The average Bonchev–Trinajstić information content (AvgIpc) is 2.87. The molecule has 1 amide bonds. The average molecular weight is 461 g/mol. The molecule has 1 N–H and O–H groups in total. The predicted molar refractivity (Wildman–Crippen MR) is 137 cm³/mol. The van der Waals surface area contributed by atoms with Crippen molar-refractivity contribution in [3.63, 3.8) is 0 Å². The SMILES string of the molecule is COCCOCc1ccc2ccc(CN3CCC(NC(=O)C(C)c4ccccc4)CC3)cc2c1. The topological polar surface area (TPSA) is 50.8 Å². The van der Waals surface area contributed by atoms with E-state index in [1.165, 1.54) is 21.9 Å². The van der Waals surface area contributed by atoms with Crippen LogP contribution in [0, 0.1) is 0 Å². The van der Waals surface area contributed by atoms with Crippen LogP contribution in [0.15, 0.2) is 66.7 Å². The molecule has 0 saturated carbocycles. The fourth-order valence-electron chi connectivity index (χ4n) is 4.58. The number of hydrogen-bond donors (Lipinski definition) is 1. The minimum absolute atomic E-state index is 0.118. The Morgan fingerprint density at radius 1 is 0.971 bits per heavy atom. The number of carbonyl (C=O) groups is 1. The van der Waals surface area contributed by atoms with Gasteiger partial charge in [-0.2, -0.15) is 0 Å². The fraction of sp³-hybridized carbons (Fsp3) is 0.414. The normalized spacial score (nSPS) is 15.9. The Bertz CT molecular complexity index is 1060. The second kappa shape index (κ2) is 12.1. The molecule has 1 fully saturated rings. The molecule has 0 aromatic heterocycles. The summed E-state index contributed by atoms with van der Waals surface area (Å²) >= 11 is 0. The molecule has 5 nitrogen and oxygen atoms in total. The van der Waals surface area contributed by atoms with E-state index >= 15 is 0 Å². The zero-order valence-corrected chi connectivity index (χ0v) is 20.3. The fourth-order valence-corrected chi connectivity index (χ4v) is 4.58. The standard InChI is InChI=1S/C29H36N2O3/c1-22(25-6-4-3-5-7-25)29(32)30-28-12-14-31(15-13-28)20-23-8-10-26-11-9-24(19-27(26)18-23)21-34-17-16-33-2/h3-11,18-19,22,28H,12-17,20-21H2,1-2H3,(H,30,32). The minimum Gasteiger partial charge on any atom is -0.382 e. The lowest BCUT2D eigenvalue weighted by Gasteiger charge is -2.33. The summed E-state index contributed by atoms with van der Waals surface area (Å²) in [7, 11) is 1.69. The number of rotatable bonds is 10. The Hall–Kier alpha value is -2.73. The van der Waals surface area contributed by atoms with E-state index in [2.05, 4.69) is 46.6 Å². The smallest absolute Gasteiger partial charge is 0.227 e. The van der Waals surface area contributed by atoms with Gasteiger partial charge in [-0.3, -0.25) is 9.69 Å². The Morgan fingerprint density at radius 3 is 2.41 bits per heavy atom. The van der Waals surface area contributed by atoms with E-state index in [0.717, 1.165) is 38.0 Å². The third-order valence-electron chi connectivity index (χ3n) is 6.70. The molecule has 1 unspecified atom stereocenters. The van der Waals surface area contributed by atoms with Crippen LogP contribution in [-0.4, -0.2) is 50.3 Å². The van der Waals surface area contributed by atoms with Crippen LogP contribution < -0.4 is 5.32 Å². The second-order valence-corrected chi connectivity index (χ2v) is 9.25. The third-order valence-corrected chi connectivity index (χ3v) is 6.70. The van der Waals surface area contributed by atoms with Crippen LogP contribution in [0.1, 0.15) is 42.4 Å². The highest BCUT2D eigenvalue weighted by Crippen LogP contribution is 2.22. The Morgan fingerprint density at radius 2 is 1.68 bits per heavy atom. The van der Waals surface area contributed by atoms with Crippen molar-refractivity contribution in [1.82, 2.24) is 10.2 Å². The third kappa shape index (κ3) is 6.66. The number of benzene rings is 3. The minimum atomic E-state index is -0.118. The molecule has 0 bridgehead atoms. The number of likely N-dealkylation sites (tertiary alicyclic amines) is 1. The highest BCUT2D eigenvalue weighted by Gasteiger charge is 2.23. The highest BCUT2D eigenvalue weighted by atomic mass is 16.5. The first kappa shape index (κ1) is 24.4. The van der Waals surface area contributed by atoms with Crippen molar-refractivity contribution in [3.05, 3.63) is 83.4 Å². The first-order valence-electron chi connectivity index (χ1n) is 12.3. The lowest BCUT2D eigenvalue weighted by Crippen LogP contribution is -2.45. The summed E-state index contributed by atoms with van der Waals surface area (Å²) in [5.74, 6) is 0.00767. The van der Waals surface area contributed by atoms with Gasteiger partial charge in [-0.05, 0) is 59.4 Å². The zero-order chi connectivity index (χ0) is 23.8. The molecule has 1 aliphatic rings. The maximum absolute atomic E-state index is 12.7. The first-order valence-corrected chi connectivity index (χ1v) is 12.3. The van der Waals surface area contributed by atoms with Crippen LogP contribution >= 0.6 is 0 Å². The molecule has 0 aliphatic carbocycles. The Labute approximate surface area is 203 Å². The number of nitrogens with one attached hydrogen (secondary N) is 1. The second-order valence-electron chi connectivity index (χ2n) is 9.25. The molecule has 3 aromatic rings. The van der Waals surface area contributed by atoms with Crippen LogP contribution in [0.25, 0.3) is 10.8 Å². The van der Waals surface area contributed by atoms with Gasteiger partial charge in [-0.1, -0.05) is 54.6 Å². The number of carbonyl (C=O) groups excluding carboxylic acids is 1. The number of hydrogen-bond acceptors (Lipinski definition) is 4. The van der Waals surface area contributed by atoms with Gasteiger partial charge in [-0.15, -0.1) is 0 Å². The number of amides is 1. The molecule has 3 aromatic carbocycles. The van der Waals surface area contributed by atoms with Gasteiger partial charge in [0.05, 0.1) is 25.7 Å². The number of fused-ring (bicyclic) bond motifs is 1. The summed E-state index contributed by atoms with van der Waals surface area (Å²) in [5.41, 5.74) is 3.57. The van der Waals surface area contributed by atoms with Crippen LogP contribution in [0.4, 0.5) is 0 Å². The molecule has 0 spiro atoms. The van der Waals surface area contributed by atoms with Crippen molar-refractivity contribution >= 4 is 16.7 Å². The van der Waals surface area contributed by atoms with Gasteiger partial charge in [0.1, 0.15) is 0 Å². The van der Waals surface area contributed by atoms with E-state index in [-0.39, 0.29) is 17.9 Å². The van der Waals surface area contributed by atoms with Gasteiger partial charge in [-0.25, -0.2) is 0 Å². The zero-order valence-electron chi connectivity index (χ0n) is 20.3. The van der Waals surface area contributed by atoms with E-state index in [4.69, 9.17) is 9.47 Å². The first-order chi connectivity index (χ1) is 16.6. The van der Waals surface area contributed by atoms with Gasteiger partial charge >= 0.3 is 0 Å². The van der Waals surface area contributed by atoms with Gasteiger partial charge in [0.2, 0.25) is 5.91 Å². The predicted octanol–water partition coefficient (Wildman–Crippen LogP) is 4.89. The number of ether oxygens (including phenoxy) is 2. The lowest BCUT2D eigenvalue weighted by atomic mass is 9.98. The molecule has 0 radical (unpaired) electrons. The number of piperidine rings is 1. The molecule has 1 heterocycles. The van der Waals surface area contributed by atoms with Crippen molar-refractivity contribution in [2.45, 2.75) is 44.9 Å². The molecule has 1 saturated heterocycles. The Kier molecular flexibility index (Phi) is 8.69. The molecule has 5 heteroatoms. The van der Waals surface area contributed by atoms with Crippen molar-refractivity contribution in [3.8, 4) is 0 Å². The Balaban J connectivity index is 1.27.